The van der Waals surface area contributed by atoms with Crippen LogP contribution < -0.4 is 10.6 Å². The van der Waals surface area contributed by atoms with Crippen molar-refractivity contribution >= 4 is 33.0 Å². The van der Waals surface area contributed by atoms with Crippen molar-refractivity contribution in [2.75, 3.05) is 18.5 Å². The first-order valence-electron chi connectivity index (χ1n) is 5.77. The van der Waals surface area contributed by atoms with Gasteiger partial charge in [-0.2, -0.15) is 0 Å². The molecule has 0 bridgehead atoms. The molecule has 1 heterocycles. The SMILES string of the molecule is CN(Cc1cscn1)c1cc(Br)ccc1CCN. The summed E-state index contributed by atoms with van der Waals surface area (Å²) >= 11 is 5.15. The molecule has 2 rings (SSSR count). The van der Waals surface area contributed by atoms with Crippen LogP contribution in [-0.4, -0.2) is 18.6 Å². The van der Waals surface area contributed by atoms with Crippen molar-refractivity contribution in [1.29, 1.82) is 0 Å². The maximum Gasteiger partial charge on any atom is 0.0795 e. The average molecular weight is 326 g/mol. The van der Waals surface area contributed by atoms with Crippen LogP contribution >= 0.6 is 27.3 Å². The van der Waals surface area contributed by atoms with E-state index in [1.165, 1.54) is 11.3 Å². The first kappa shape index (κ1) is 13.5. The van der Waals surface area contributed by atoms with Gasteiger partial charge in [-0.15, -0.1) is 11.3 Å². The van der Waals surface area contributed by atoms with E-state index in [1.807, 2.05) is 5.51 Å². The molecule has 0 spiro atoms. The van der Waals surface area contributed by atoms with Crippen LogP contribution in [0.4, 0.5) is 5.69 Å². The van der Waals surface area contributed by atoms with Crippen molar-refractivity contribution in [3.05, 3.63) is 44.8 Å². The van der Waals surface area contributed by atoms with E-state index in [9.17, 15) is 0 Å². The molecule has 0 amide bonds. The molecule has 18 heavy (non-hydrogen) atoms. The van der Waals surface area contributed by atoms with Crippen molar-refractivity contribution in [1.82, 2.24) is 4.98 Å². The van der Waals surface area contributed by atoms with Crippen LogP contribution in [0.25, 0.3) is 0 Å². The van der Waals surface area contributed by atoms with Crippen molar-refractivity contribution in [2.24, 2.45) is 5.73 Å². The standard InChI is InChI=1S/C13H16BrN3S/c1-17(7-12-8-18-9-16-12)13-6-11(14)3-2-10(13)4-5-15/h2-3,6,8-9H,4-5,7,15H2,1H3. The molecule has 0 saturated heterocycles. The first-order valence-corrected chi connectivity index (χ1v) is 7.51. The molecule has 0 saturated carbocycles. The second-order valence-corrected chi connectivity index (χ2v) is 5.78. The third-order valence-corrected chi connectivity index (χ3v) is 3.88. The average Bonchev–Trinajstić information content (AvgIpc) is 2.84. The number of aromatic nitrogens is 1. The minimum Gasteiger partial charge on any atom is -0.368 e. The van der Waals surface area contributed by atoms with Gasteiger partial charge in [0.2, 0.25) is 0 Å². The van der Waals surface area contributed by atoms with E-state index in [0.29, 0.717) is 6.54 Å². The lowest BCUT2D eigenvalue weighted by Gasteiger charge is -2.22. The number of halogens is 1. The predicted octanol–water partition coefficient (Wildman–Crippen LogP) is 3.04. The monoisotopic (exact) mass is 325 g/mol. The van der Waals surface area contributed by atoms with Crippen molar-refractivity contribution in [3.8, 4) is 0 Å². The number of benzene rings is 1. The highest BCUT2D eigenvalue weighted by molar-refractivity contribution is 9.10. The number of nitrogens with zero attached hydrogens (tertiary/aromatic N) is 2. The number of anilines is 1. The molecule has 0 radical (unpaired) electrons. The summed E-state index contributed by atoms with van der Waals surface area (Å²) < 4.78 is 1.09. The first-order chi connectivity index (χ1) is 8.70. The van der Waals surface area contributed by atoms with Gasteiger partial charge in [0.15, 0.2) is 0 Å². The van der Waals surface area contributed by atoms with Gasteiger partial charge in [0.25, 0.3) is 0 Å². The Hall–Kier alpha value is -0.910. The highest BCUT2D eigenvalue weighted by Gasteiger charge is 2.09. The van der Waals surface area contributed by atoms with Crippen LogP contribution in [0.5, 0.6) is 0 Å². The van der Waals surface area contributed by atoms with Crippen molar-refractivity contribution in [3.63, 3.8) is 0 Å². The summed E-state index contributed by atoms with van der Waals surface area (Å²) in [7, 11) is 2.08. The molecular weight excluding hydrogens is 310 g/mol. The summed E-state index contributed by atoms with van der Waals surface area (Å²) in [4.78, 5) is 6.53. The second kappa shape index (κ2) is 6.31. The van der Waals surface area contributed by atoms with E-state index < -0.39 is 0 Å². The lowest BCUT2D eigenvalue weighted by atomic mass is 10.1. The Kier molecular flexibility index (Phi) is 4.74. The third kappa shape index (κ3) is 3.31. The fourth-order valence-electron chi connectivity index (χ4n) is 1.90. The second-order valence-electron chi connectivity index (χ2n) is 4.15. The normalized spacial score (nSPS) is 10.6. The largest absolute Gasteiger partial charge is 0.368 e. The van der Waals surface area contributed by atoms with Crippen molar-refractivity contribution in [2.45, 2.75) is 13.0 Å². The molecule has 1 aromatic carbocycles. The zero-order chi connectivity index (χ0) is 13.0. The quantitative estimate of drug-likeness (QED) is 0.918. The highest BCUT2D eigenvalue weighted by Crippen LogP contribution is 2.26. The van der Waals surface area contributed by atoms with Crippen LogP contribution in [0, 0.1) is 0 Å². The summed E-state index contributed by atoms with van der Waals surface area (Å²) in [6, 6.07) is 6.33. The molecule has 3 nitrogen and oxygen atoms in total. The molecular formula is C13H16BrN3S. The van der Waals surface area contributed by atoms with Gasteiger partial charge in [0, 0.05) is 22.6 Å². The fourth-order valence-corrected chi connectivity index (χ4v) is 2.80. The molecule has 0 unspecified atom stereocenters. The number of hydrogen-bond acceptors (Lipinski definition) is 4. The molecule has 0 aliphatic rings. The van der Waals surface area contributed by atoms with E-state index in [2.05, 4.69) is 56.4 Å². The van der Waals surface area contributed by atoms with E-state index in [-0.39, 0.29) is 0 Å². The zero-order valence-electron chi connectivity index (χ0n) is 10.3. The van der Waals surface area contributed by atoms with Gasteiger partial charge in [0.05, 0.1) is 17.7 Å². The lowest BCUT2D eigenvalue weighted by Crippen LogP contribution is -2.19. The third-order valence-electron chi connectivity index (χ3n) is 2.75. The van der Waals surface area contributed by atoms with E-state index in [1.54, 1.807) is 11.3 Å². The predicted molar refractivity (Wildman–Crippen MR) is 81.1 cm³/mol. The topological polar surface area (TPSA) is 42.2 Å². The Bertz CT molecular complexity index is 499. The van der Waals surface area contributed by atoms with Crippen LogP contribution in [0.15, 0.2) is 33.6 Å². The lowest BCUT2D eigenvalue weighted by molar-refractivity contribution is 0.873. The van der Waals surface area contributed by atoms with Gasteiger partial charge >= 0.3 is 0 Å². The van der Waals surface area contributed by atoms with Gasteiger partial charge < -0.3 is 10.6 Å². The Morgan fingerprint density at radius 3 is 2.94 bits per heavy atom. The van der Waals surface area contributed by atoms with E-state index in [4.69, 9.17) is 5.73 Å². The van der Waals surface area contributed by atoms with E-state index in [0.717, 1.165) is 23.1 Å². The van der Waals surface area contributed by atoms with Gasteiger partial charge in [-0.25, -0.2) is 4.98 Å². The summed E-state index contributed by atoms with van der Waals surface area (Å²) in [6.07, 6.45) is 0.893. The maximum absolute atomic E-state index is 5.66. The summed E-state index contributed by atoms with van der Waals surface area (Å²) in [5, 5.41) is 2.08. The minimum absolute atomic E-state index is 0.666. The van der Waals surface area contributed by atoms with Crippen molar-refractivity contribution < 1.29 is 0 Å². The minimum atomic E-state index is 0.666. The van der Waals surface area contributed by atoms with Gasteiger partial charge in [0.1, 0.15) is 0 Å². The maximum atomic E-state index is 5.66. The molecule has 0 aliphatic heterocycles. The number of nitrogens with two attached hydrogens (primary N) is 1. The molecule has 2 N–H and O–H groups in total. The molecule has 2 aromatic rings. The Morgan fingerprint density at radius 2 is 2.28 bits per heavy atom. The van der Waals surface area contributed by atoms with Gasteiger partial charge in [-0.05, 0) is 30.7 Å². The smallest absolute Gasteiger partial charge is 0.0795 e. The molecule has 96 valence electrons. The number of rotatable bonds is 5. The number of hydrogen-bond donors (Lipinski definition) is 1. The van der Waals surface area contributed by atoms with Crippen LogP contribution in [0.2, 0.25) is 0 Å². The van der Waals surface area contributed by atoms with Gasteiger partial charge in [-0.1, -0.05) is 22.0 Å². The van der Waals surface area contributed by atoms with Crippen LogP contribution in [0.1, 0.15) is 11.3 Å². The molecule has 0 fully saturated rings. The molecule has 1 aromatic heterocycles. The number of thiazole rings is 1. The summed E-state index contributed by atoms with van der Waals surface area (Å²) in [5.74, 6) is 0. The zero-order valence-corrected chi connectivity index (χ0v) is 12.7. The Labute approximate surface area is 120 Å². The summed E-state index contributed by atoms with van der Waals surface area (Å²) in [6.45, 7) is 1.48. The Morgan fingerprint density at radius 1 is 1.44 bits per heavy atom. The molecule has 0 atom stereocenters. The highest BCUT2D eigenvalue weighted by atomic mass is 79.9. The van der Waals surface area contributed by atoms with E-state index >= 15 is 0 Å². The summed E-state index contributed by atoms with van der Waals surface area (Å²) in [5.41, 5.74) is 11.1. The Balaban J connectivity index is 2.22. The van der Waals surface area contributed by atoms with Crippen LogP contribution in [-0.2, 0) is 13.0 Å². The fraction of sp³-hybridized carbons (Fsp3) is 0.308. The van der Waals surface area contributed by atoms with Gasteiger partial charge in [-0.3, -0.25) is 0 Å². The molecule has 5 heteroatoms. The van der Waals surface area contributed by atoms with Crippen LogP contribution in [0.3, 0.4) is 0 Å². The molecule has 0 aliphatic carbocycles.